The summed E-state index contributed by atoms with van der Waals surface area (Å²) in [7, 11) is 0. The number of unbranched alkanes of at least 4 members (excludes halogenated alkanes) is 32. The van der Waals surface area contributed by atoms with E-state index in [-0.39, 0.29) is 25.9 Å². The van der Waals surface area contributed by atoms with Crippen LogP contribution in [-0.2, 0) is 42.9 Å². The molecule has 446 valence electrons. The highest BCUT2D eigenvalue weighted by molar-refractivity contribution is 5.74. The van der Waals surface area contributed by atoms with Gasteiger partial charge in [-0.15, -0.1) is 0 Å². The third-order valence-corrected chi connectivity index (χ3v) is 14.4. The maximum atomic E-state index is 13.2. The first-order valence-corrected chi connectivity index (χ1v) is 31.6. The number of allylic oxidation sites excluding steroid dienone is 8. The molecular weight excluding hydrogens is 973 g/mol. The first-order chi connectivity index (χ1) is 37.6. The van der Waals surface area contributed by atoms with Gasteiger partial charge in [-0.3, -0.25) is 14.4 Å². The molecule has 0 aromatic rings. The maximum absolute atomic E-state index is 13.2. The molecule has 77 heavy (non-hydrogen) atoms. The largest absolute Gasteiger partial charge is 0.479 e. The summed E-state index contributed by atoms with van der Waals surface area (Å²) < 4.78 is 28.5. The molecule has 1 saturated heterocycles. The smallest absolute Gasteiger partial charge is 0.335 e. The summed E-state index contributed by atoms with van der Waals surface area (Å²) in [5.41, 5.74) is 0. The van der Waals surface area contributed by atoms with E-state index in [1.165, 1.54) is 122 Å². The van der Waals surface area contributed by atoms with E-state index in [4.69, 9.17) is 23.7 Å². The number of hydrogen-bond acceptors (Lipinski definition) is 11. The molecule has 1 aliphatic rings. The third-order valence-electron chi connectivity index (χ3n) is 14.4. The molecule has 1 heterocycles. The molecule has 0 radical (unpaired) electrons. The average molecular weight is 1090 g/mol. The van der Waals surface area contributed by atoms with Crippen LogP contribution in [-0.4, -0.2) is 89.2 Å². The second-order valence-electron chi connectivity index (χ2n) is 21.7. The number of carbonyl (C=O) groups excluding carboxylic acids is 3. The molecule has 1 rings (SSSR count). The fourth-order valence-electron chi connectivity index (χ4n) is 9.49. The lowest BCUT2D eigenvalue weighted by atomic mass is 9.98. The van der Waals surface area contributed by atoms with Crippen molar-refractivity contribution in [2.45, 2.75) is 327 Å². The number of esters is 3. The summed E-state index contributed by atoms with van der Waals surface area (Å²) in [6.45, 7) is 5.96. The number of rotatable bonds is 54. The van der Waals surface area contributed by atoms with Gasteiger partial charge in [-0.2, -0.15) is 0 Å². The molecule has 6 unspecified atom stereocenters. The number of aliphatic hydroxyl groups excluding tert-OH is 2. The molecule has 0 aliphatic carbocycles. The Balaban J connectivity index is 2.66. The first kappa shape index (κ1) is 71.7. The average Bonchev–Trinajstić information content (AvgIpc) is 3.42. The summed E-state index contributed by atoms with van der Waals surface area (Å²) in [6.07, 6.45) is 52.2. The molecule has 0 bridgehead atoms. The highest BCUT2D eigenvalue weighted by Gasteiger charge is 2.50. The Kier molecular flexibility index (Phi) is 49.7. The molecular formula is C65H114O12. The van der Waals surface area contributed by atoms with Crippen molar-refractivity contribution in [3.63, 3.8) is 0 Å². The van der Waals surface area contributed by atoms with Gasteiger partial charge in [0.2, 0.25) is 0 Å². The van der Waals surface area contributed by atoms with Crippen molar-refractivity contribution >= 4 is 23.9 Å². The summed E-state index contributed by atoms with van der Waals surface area (Å²) in [5, 5.41) is 31.5. The molecule has 0 aromatic heterocycles. The van der Waals surface area contributed by atoms with Crippen molar-refractivity contribution in [1.82, 2.24) is 0 Å². The van der Waals surface area contributed by atoms with Crippen LogP contribution in [0.1, 0.15) is 290 Å². The van der Waals surface area contributed by atoms with Crippen LogP contribution in [0.4, 0.5) is 0 Å². The van der Waals surface area contributed by atoms with Crippen LogP contribution in [0.2, 0.25) is 0 Å². The second kappa shape index (κ2) is 53.3. The van der Waals surface area contributed by atoms with Gasteiger partial charge in [-0.05, 0) is 83.5 Å². The van der Waals surface area contributed by atoms with E-state index in [9.17, 15) is 34.5 Å². The molecule has 3 N–H and O–H groups in total. The van der Waals surface area contributed by atoms with Gasteiger partial charge in [-0.25, -0.2) is 4.79 Å². The Bertz CT molecular complexity index is 1520. The monoisotopic (exact) mass is 1090 g/mol. The van der Waals surface area contributed by atoms with E-state index >= 15 is 0 Å². The summed E-state index contributed by atoms with van der Waals surface area (Å²) in [6, 6.07) is 0. The van der Waals surface area contributed by atoms with E-state index in [0.29, 0.717) is 19.3 Å². The minimum absolute atomic E-state index is 0.0619. The Labute approximate surface area is 469 Å². The summed E-state index contributed by atoms with van der Waals surface area (Å²) in [4.78, 5) is 51.2. The molecule has 0 spiro atoms. The molecule has 0 aromatic carbocycles. The summed E-state index contributed by atoms with van der Waals surface area (Å²) >= 11 is 0. The van der Waals surface area contributed by atoms with Crippen LogP contribution in [0.5, 0.6) is 0 Å². The predicted octanol–water partition coefficient (Wildman–Crippen LogP) is 16.6. The third kappa shape index (κ3) is 43.2. The van der Waals surface area contributed by atoms with E-state index in [0.717, 1.165) is 109 Å². The molecule has 0 saturated carbocycles. The zero-order valence-corrected chi connectivity index (χ0v) is 49.2. The van der Waals surface area contributed by atoms with Crippen molar-refractivity contribution in [1.29, 1.82) is 0 Å². The van der Waals surface area contributed by atoms with E-state index in [1.807, 2.05) is 0 Å². The maximum Gasteiger partial charge on any atom is 0.335 e. The van der Waals surface area contributed by atoms with Gasteiger partial charge in [0.05, 0.1) is 6.61 Å². The van der Waals surface area contributed by atoms with Gasteiger partial charge < -0.3 is 39.0 Å². The minimum Gasteiger partial charge on any atom is -0.479 e. The van der Waals surface area contributed by atoms with Crippen LogP contribution in [0, 0.1) is 0 Å². The lowest BCUT2D eigenvalue weighted by Crippen LogP contribution is -2.61. The van der Waals surface area contributed by atoms with Crippen molar-refractivity contribution in [2.24, 2.45) is 0 Å². The number of carboxylic acid groups (broad SMARTS) is 1. The first-order valence-electron chi connectivity index (χ1n) is 31.6. The Morgan fingerprint density at radius 1 is 0.429 bits per heavy atom. The van der Waals surface area contributed by atoms with Gasteiger partial charge in [0.1, 0.15) is 18.8 Å². The quantitative estimate of drug-likeness (QED) is 0.0228. The van der Waals surface area contributed by atoms with Crippen molar-refractivity contribution in [2.75, 3.05) is 13.2 Å². The molecule has 12 nitrogen and oxygen atoms in total. The van der Waals surface area contributed by atoms with Crippen molar-refractivity contribution < 1.29 is 58.2 Å². The second-order valence-corrected chi connectivity index (χ2v) is 21.7. The normalized spacial score (nSPS) is 18.3. The number of carboxylic acids is 1. The van der Waals surface area contributed by atoms with Gasteiger partial charge in [0.15, 0.2) is 24.6 Å². The molecule has 1 aliphatic heterocycles. The summed E-state index contributed by atoms with van der Waals surface area (Å²) in [5.74, 6) is -3.12. The molecule has 0 amide bonds. The van der Waals surface area contributed by atoms with Crippen LogP contribution < -0.4 is 0 Å². The highest BCUT2D eigenvalue weighted by Crippen LogP contribution is 2.27. The van der Waals surface area contributed by atoms with E-state index in [1.54, 1.807) is 0 Å². The lowest BCUT2D eigenvalue weighted by Gasteiger charge is -2.40. The zero-order valence-electron chi connectivity index (χ0n) is 49.2. The van der Waals surface area contributed by atoms with Crippen molar-refractivity contribution in [3.05, 3.63) is 48.6 Å². The minimum atomic E-state index is -1.90. The topological polar surface area (TPSA) is 175 Å². The fraction of sp³-hybridized carbons (Fsp3) is 0.815. The lowest BCUT2D eigenvalue weighted by molar-refractivity contribution is -0.301. The van der Waals surface area contributed by atoms with Crippen LogP contribution >= 0.6 is 0 Å². The van der Waals surface area contributed by atoms with Crippen LogP contribution in [0.15, 0.2) is 48.6 Å². The molecule has 12 heteroatoms. The Morgan fingerprint density at radius 3 is 1.22 bits per heavy atom. The Hall–Kier alpha value is -3.32. The molecule has 6 atom stereocenters. The van der Waals surface area contributed by atoms with Crippen LogP contribution in [0.3, 0.4) is 0 Å². The highest BCUT2D eigenvalue weighted by atomic mass is 16.7. The van der Waals surface area contributed by atoms with Gasteiger partial charge in [-0.1, -0.05) is 236 Å². The van der Waals surface area contributed by atoms with E-state index < -0.39 is 67.3 Å². The number of hydrogen-bond donors (Lipinski definition) is 3. The molecule has 1 fully saturated rings. The van der Waals surface area contributed by atoms with Crippen LogP contribution in [0.25, 0.3) is 0 Å². The van der Waals surface area contributed by atoms with Crippen molar-refractivity contribution in [3.8, 4) is 0 Å². The number of aliphatic carboxylic acids is 1. The zero-order chi connectivity index (χ0) is 56.1. The van der Waals surface area contributed by atoms with Gasteiger partial charge in [0.25, 0.3) is 0 Å². The SMILES string of the molecule is CCCCC/C=C\C/C=C\C/C=C\CCCCCCCCC(=O)OCC(COC1OC(C(=O)O)C(O)C(O)C1OC(=O)CCCCCCCCCCCCC)OC(=O)CCCCCCCCC/C=C\CCCCCCCC. The Morgan fingerprint density at radius 2 is 0.779 bits per heavy atom. The fourth-order valence-corrected chi connectivity index (χ4v) is 9.49. The number of aliphatic hydroxyl groups is 2. The standard InChI is InChI=1S/C65H114O12/c1-4-7-10-13-16-19-22-24-26-28-29-31-32-34-37-39-42-45-48-51-57(66)73-54-56(75-58(67)52-49-46-43-41-38-35-33-30-27-25-23-20-17-14-11-8-5-2)55-74-65-63(61(70)60(69)62(77-65)64(71)72)76-59(68)53-50-47-44-40-36-21-18-15-12-9-6-3/h16,19,24-27,29,31,56,60-63,65,69-70H,4-15,17-18,20-23,28,30,32-55H2,1-3H3,(H,71,72)/b19-16-,26-24-,27-25-,31-29-. The van der Waals surface area contributed by atoms with Gasteiger partial charge >= 0.3 is 23.9 Å². The number of ether oxygens (including phenoxy) is 5. The predicted molar refractivity (Wildman–Crippen MR) is 312 cm³/mol. The van der Waals surface area contributed by atoms with Gasteiger partial charge in [0, 0.05) is 19.3 Å². The van der Waals surface area contributed by atoms with E-state index in [2.05, 4.69) is 69.4 Å². The number of carbonyl (C=O) groups is 4.